The molecule has 1 aromatic rings. The van der Waals surface area contributed by atoms with E-state index in [1.807, 2.05) is 0 Å². The summed E-state index contributed by atoms with van der Waals surface area (Å²) in [6, 6.07) is 2.08. The Morgan fingerprint density at radius 1 is 1.59 bits per heavy atom. The molecule has 1 atom stereocenters. The van der Waals surface area contributed by atoms with Crippen LogP contribution in [0, 0.1) is 0 Å². The van der Waals surface area contributed by atoms with Gasteiger partial charge in [0.2, 0.25) is 5.91 Å². The second-order valence-electron chi connectivity index (χ2n) is 3.36. The van der Waals surface area contributed by atoms with Crippen molar-refractivity contribution in [3.63, 3.8) is 0 Å². The first kappa shape index (κ1) is 12.9. The third-order valence-corrected chi connectivity index (χ3v) is 2.01. The minimum atomic E-state index is -1.12. The van der Waals surface area contributed by atoms with Crippen molar-refractivity contribution in [1.29, 1.82) is 0 Å². The van der Waals surface area contributed by atoms with Crippen molar-refractivity contribution >= 4 is 17.6 Å². The van der Waals surface area contributed by atoms with Gasteiger partial charge in [-0.2, -0.15) is 0 Å². The average Bonchev–Trinajstić information content (AvgIpc) is 2.30. The van der Waals surface area contributed by atoms with E-state index in [9.17, 15) is 9.59 Å². The summed E-state index contributed by atoms with van der Waals surface area (Å²) in [5, 5.41) is 11.2. The van der Waals surface area contributed by atoms with Gasteiger partial charge in [0.15, 0.2) is 0 Å². The molecule has 0 aliphatic heterocycles. The predicted molar refractivity (Wildman–Crippen MR) is 62.6 cm³/mol. The Bertz CT molecular complexity index is 428. The fourth-order valence-corrected chi connectivity index (χ4v) is 1.12. The minimum absolute atomic E-state index is 0.0848. The summed E-state index contributed by atoms with van der Waals surface area (Å²) in [5.41, 5.74) is 5.87. The van der Waals surface area contributed by atoms with Crippen molar-refractivity contribution in [1.82, 2.24) is 4.98 Å². The Kier molecular flexibility index (Phi) is 4.36. The standard InChI is InChI=1S/C11H13N3O3/c1-2-3-8(12)10(15)14-7-4-5-9(11(16)17)13-6-7/h2,4-6,8H,1,3,12H2,(H,14,15)(H,16,17). The first-order chi connectivity index (χ1) is 8.04. The van der Waals surface area contributed by atoms with Crippen LogP contribution in [-0.4, -0.2) is 28.0 Å². The molecule has 1 rings (SSSR count). The number of carbonyl (C=O) groups excluding carboxylic acids is 1. The van der Waals surface area contributed by atoms with E-state index in [0.717, 1.165) is 0 Å². The molecule has 0 bridgehead atoms. The van der Waals surface area contributed by atoms with E-state index < -0.39 is 12.0 Å². The number of carboxylic acids is 1. The topological polar surface area (TPSA) is 105 Å². The maximum absolute atomic E-state index is 11.5. The summed E-state index contributed by atoms with van der Waals surface area (Å²) in [6.07, 6.45) is 3.18. The number of carboxylic acid groups (broad SMARTS) is 1. The van der Waals surface area contributed by atoms with Crippen molar-refractivity contribution in [3.8, 4) is 0 Å². The van der Waals surface area contributed by atoms with E-state index in [4.69, 9.17) is 10.8 Å². The van der Waals surface area contributed by atoms with Gasteiger partial charge in [0.25, 0.3) is 0 Å². The van der Waals surface area contributed by atoms with Gasteiger partial charge in [-0.3, -0.25) is 4.79 Å². The molecular formula is C11H13N3O3. The van der Waals surface area contributed by atoms with Crippen molar-refractivity contribution in [3.05, 3.63) is 36.7 Å². The van der Waals surface area contributed by atoms with Crippen LogP contribution in [0.5, 0.6) is 0 Å². The highest BCUT2D eigenvalue weighted by molar-refractivity contribution is 5.95. The average molecular weight is 235 g/mol. The van der Waals surface area contributed by atoms with E-state index in [2.05, 4.69) is 16.9 Å². The minimum Gasteiger partial charge on any atom is -0.477 e. The molecule has 0 fully saturated rings. The van der Waals surface area contributed by atoms with Crippen LogP contribution in [0.15, 0.2) is 31.0 Å². The van der Waals surface area contributed by atoms with Gasteiger partial charge < -0.3 is 16.2 Å². The smallest absolute Gasteiger partial charge is 0.354 e. The monoisotopic (exact) mass is 235 g/mol. The molecule has 0 aliphatic rings. The van der Waals surface area contributed by atoms with Gasteiger partial charge in [-0.15, -0.1) is 6.58 Å². The summed E-state index contributed by atoms with van der Waals surface area (Å²) >= 11 is 0. The number of hydrogen-bond acceptors (Lipinski definition) is 4. The summed E-state index contributed by atoms with van der Waals surface area (Å²) in [7, 11) is 0. The van der Waals surface area contributed by atoms with Crippen LogP contribution >= 0.6 is 0 Å². The van der Waals surface area contributed by atoms with Gasteiger partial charge in [-0.05, 0) is 18.6 Å². The van der Waals surface area contributed by atoms with Gasteiger partial charge in [-0.25, -0.2) is 9.78 Å². The van der Waals surface area contributed by atoms with Crippen LogP contribution < -0.4 is 11.1 Å². The molecule has 0 saturated heterocycles. The number of hydrogen-bond donors (Lipinski definition) is 3. The number of carbonyl (C=O) groups is 2. The van der Waals surface area contributed by atoms with E-state index >= 15 is 0 Å². The molecule has 1 aromatic heterocycles. The van der Waals surface area contributed by atoms with Gasteiger partial charge in [-0.1, -0.05) is 6.08 Å². The lowest BCUT2D eigenvalue weighted by Crippen LogP contribution is -2.35. The van der Waals surface area contributed by atoms with E-state index in [1.165, 1.54) is 18.3 Å². The second kappa shape index (κ2) is 5.76. The van der Waals surface area contributed by atoms with Crippen LogP contribution in [0.25, 0.3) is 0 Å². The van der Waals surface area contributed by atoms with Crippen LogP contribution in [0.1, 0.15) is 16.9 Å². The zero-order chi connectivity index (χ0) is 12.8. The molecule has 1 amide bonds. The zero-order valence-corrected chi connectivity index (χ0v) is 9.09. The molecule has 0 saturated carbocycles. The van der Waals surface area contributed by atoms with Gasteiger partial charge >= 0.3 is 5.97 Å². The Balaban J connectivity index is 2.66. The molecule has 1 unspecified atom stereocenters. The highest BCUT2D eigenvalue weighted by Gasteiger charge is 2.12. The lowest BCUT2D eigenvalue weighted by atomic mass is 10.2. The van der Waals surface area contributed by atoms with Gasteiger partial charge in [0.05, 0.1) is 17.9 Å². The molecule has 0 spiro atoms. The maximum Gasteiger partial charge on any atom is 0.354 e. The van der Waals surface area contributed by atoms with E-state index in [0.29, 0.717) is 12.1 Å². The molecule has 4 N–H and O–H groups in total. The number of aromatic carboxylic acids is 1. The molecule has 17 heavy (non-hydrogen) atoms. The first-order valence-electron chi connectivity index (χ1n) is 4.91. The third kappa shape index (κ3) is 3.69. The number of rotatable bonds is 5. The Hall–Kier alpha value is -2.21. The zero-order valence-electron chi connectivity index (χ0n) is 9.09. The summed E-state index contributed by atoms with van der Waals surface area (Å²) in [6.45, 7) is 3.48. The predicted octanol–water partition coefficient (Wildman–Crippen LogP) is 0.622. The third-order valence-electron chi connectivity index (χ3n) is 2.01. The van der Waals surface area contributed by atoms with Crippen molar-refractivity contribution in [2.45, 2.75) is 12.5 Å². The molecule has 6 heteroatoms. The molecular weight excluding hydrogens is 222 g/mol. The SMILES string of the molecule is C=CCC(N)C(=O)Nc1ccc(C(=O)O)nc1. The number of amides is 1. The number of aromatic nitrogens is 1. The molecule has 0 radical (unpaired) electrons. The van der Waals surface area contributed by atoms with Crippen LogP contribution in [-0.2, 0) is 4.79 Å². The Morgan fingerprint density at radius 3 is 2.76 bits per heavy atom. The fraction of sp³-hybridized carbons (Fsp3) is 0.182. The summed E-state index contributed by atoms with van der Waals surface area (Å²) in [4.78, 5) is 25.7. The number of anilines is 1. The summed E-state index contributed by atoms with van der Waals surface area (Å²) in [5.74, 6) is -1.49. The Labute approximate surface area is 98.2 Å². The lowest BCUT2D eigenvalue weighted by molar-refractivity contribution is -0.117. The van der Waals surface area contributed by atoms with Crippen molar-refractivity contribution < 1.29 is 14.7 Å². The molecule has 1 heterocycles. The second-order valence-corrected chi connectivity index (χ2v) is 3.36. The largest absolute Gasteiger partial charge is 0.477 e. The molecule has 0 aromatic carbocycles. The van der Waals surface area contributed by atoms with E-state index in [-0.39, 0.29) is 11.6 Å². The number of pyridine rings is 1. The normalized spacial score (nSPS) is 11.6. The quantitative estimate of drug-likeness (QED) is 0.649. The maximum atomic E-state index is 11.5. The van der Waals surface area contributed by atoms with Gasteiger partial charge in [0.1, 0.15) is 5.69 Å². The molecule has 6 nitrogen and oxygen atoms in total. The van der Waals surface area contributed by atoms with Gasteiger partial charge in [0, 0.05) is 0 Å². The van der Waals surface area contributed by atoms with Crippen LogP contribution in [0.2, 0.25) is 0 Å². The Morgan fingerprint density at radius 2 is 2.29 bits per heavy atom. The first-order valence-corrected chi connectivity index (χ1v) is 4.91. The van der Waals surface area contributed by atoms with E-state index in [1.54, 1.807) is 6.08 Å². The van der Waals surface area contributed by atoms with Crippen molar-refractivity contribution in [2.24, 2.45) is 5.73 Å². The highest BCUT2D eigenvalue weighted by Crippen LogP contribution is 2.07. The summed E-state index contributed by atoms with van der Waals surface area (Å²) < 4.78 is 0. The number of nitrogens with two attached hydrogens (primary N) is 1. The molecule has 0 aliphatic carbocycles. The number of nitrogens with one attached hydrogen (secondary N) is 1. The van der Waals surface area contributed by atoms with Crippen LogP contribution in [0.3, 0.4) is 0 Å². The molecule has 90 valence electrons. The highest BCUT2D eigenvalue weighted by atomic mass is 16.4. The van der Waals surface area contributed by atoms with Crippen LogP contribution in [0.4, 0.5) is 5.69 Å². The number of nitrogens with zero attached hydrogens (tertiary/aromatic N) is 1. The van der Waals surface area contributed by atoms with Crippen molar-refractivity contribution in [2.75, 3.05) is 5.32 Å². The lowest BCUT2D eigenvalue weighted by Gasteiger charge is -2.09. The fourth-order valence-electron chi connectivity index (χ4n) is 1.12.